The molecule has 0 spiro atoms. The average Bonchev–Trinajstić information content (AvgIpc) is 3.52. The number of benzene rings is 4. The van der Waals surface area contributed by atoms with E-state index >= 15 is 0 Å². The molecule has 6 heteroatoms. The van der Waals surface area contributed by atoms with Crippen LogP contribution in [0.2, 0.25) is 0 Å². The minimum atomic E-state index is 0.805. The average molecular weight is 447 g/mol. The molecule has 0 bridgehead atoms. The highest BCUT2D eigenvalue weighted by Gasteiger charge is 2.10. The number of nitrogens with one attached hydrogen (secondary N) is 2. The molecule has 0 unspecified atom stereocenters. The number of aromatic nitrogens is 4. The van der Waals surface area contributed by atoms with Crippen LogP contribution in [0, 0.1) is 0 Å². The molecule has 0 aliphatic rings. The first-order valence-corrected chi connectivity index (χ1v) is 11.0. The smallest absolute Gasteiger partial charge is 0.138 e. The molecule has 0 aliphatic carbocycles. The Labute approximate surface area is 196 Å². The Morgan fingerprint density at radius 1 is 0.529 bits per heavy atom. The lowest BCUT2D eigenvalue weighted by molar-refractivity contribution is 0.415. The molecule has 6 aromatic rings. The van der Waals surface area contributed by atoms with Gasteiger partial charge < -0.3 is 19.4 Å². The van der Waals surface area contributed by atoms with Crippen molar-refractivity contribution < 1.29 is 9.47 Å². The Kier molecular flexibility index (Phi) is 4.77. The molecule has 166 valence electrons. The van der Waals surface area contributed by atoms with Crippen molar-refractivity contribution in [2.75, 3.05) is 14.2 Å². The van der Waals surface area contributed by atoms with E-state index in [2.05, 4.69) is 34.2 Å². The van der Waals surface area contributed by atoms with Crippen LogP contribution < -0.4 is 9.47 Å². The summed E-state index contributed by atoms with van der Waals surface area (Å²) >= 11 is 0. The van der Waals surface area contributed by atoms with E-state index in [0.717, 1.165) is 67.5 Å². The van der Waals surface area contributed by atoms with Gasteiger partial charge in [-0.1, -0.05) is 36.4 Å². The van der Waals surface area contributed by atoms with Crippen LogP contribution in [0.1, 0.15) is 0 Å². The minimum Gasteiger partial charge on any atom is -0.497 e. The van der Waals surface area contributed by atoms with E-state index in [-0.39, 0.29) is 0 Å². The van der Waals surface area contributed by atoms with E-state index in [4.69, 9.17) is 19.4 Å². The van der Waals surface area contributed by atoms with Gasteiger partial charge in [0.15, 0.2) is 0 Å². The number of aromatic amines is 2. The van der Waals surface area contributed by atoms with Crippen molar-refractivity contribution in [3.05, 3.63) is 84.9 Å². The lowest BCUT2D eigenvalue weighted by Gasteiger charge is -2.02. The zero-order valence-corrected chi connectivity index (χ0v) is 18.8. The maximum Gasteiger partial charge on any atom is 0.138 e. The SMILES string of the molecule is COc1cccc(-c2nc3ccc(-c4ccc5nc(-c6cccc(OC)c6)[nH]c5c4)cc3[nH]2)c1. The van der Waals surface area contributed by atoms with Crippen LogP contribution in [0.3, 0.4) is 0 Å². The van der Waals surface area contributed by atoms with Crippen LogP contribution in [-0.2, 0) is 0 Å². The van der Waals surface area contributed by atoms with Crippen molar-refractivity contribution in [3.8, 4) is 45.4 Å². The Hall–Kier alpha value is -4.58. The van der Waals surface area contributed by atoms with Crippen molar-refractivity contribution in [1.29, 1.82) is 0 Å². The molecule has 2 aromatic heterocycles. The standard InChI is InChI=1S/C28H22N4O2/c1-33-21-7-3-5-19(13-21)27-29-23-11-9-17(15-25(23)31-27)18-10-12-24-26(16-18)32-28(30-24)20-6-4-8-22(14-20)34-2/h3-16H,1-2H3,(H,29,31)(H,30,32). The fourth-order valence-corrected chi connectivity index (χ4v) is 4.19. The molecule has 2 heterocycles. The first-order valence-electron chi connectivity index (χ1n) is 11.0. The second-order valence-electron chi connectivity index (χ2n) is 8.10. The molecule has 6 nitrogen and oxygen atoms in total. The monoisotopic (exact) mass is 446 g/mol. The second kappa shape index (κ2) is 8.08. The van der Waals surface area contributed by atoms with Crippen molar-refractivity contribution in [1.82, 2.24) is 19.9 Å². The van der Waals surface area contributed by atoms with Gasteiger partial charge >= 0.3 is 0 Å². The van der Waals surface area contributed by atoms with Crippen molar-refractivity contribution in [3.63, 3.8) is 0 Å². The van der Waals surface area contributed by atoms with E-state index in [9.17, 15) is 0 Å². The fraction of sp³-hybridized carbons (Fsp3) is 0.0714. The van der Waals surface area contributed by atoms with Gasteiger partial charge in [0, 0.05) is 11.1 Å². The molecule has 0 saturated carbocycles. The number of hydrogen-bond donors (Lipinski definition) is 2. The summed E-state index contributed by atoms with van der Waals surface area (Å²) in [4.78, 5) is 16.4. The highest BCUT2D eigenvalue weighted by Crippen LogP contribution is 2.30. The summed E-state index contributed by atoms with van der Waals surface area (Å²) in [6.07, 6.45) is 0. The number of hydrogen-bond acceptors (Lipinski definition) is 4. The van der Waals surface area contributed by atoms with Crippen molar-refractivity contribution in [2.24, 2.45) is 0 Å². The van der Waals surface area contributed by atoms with Crippen molar-refractivity contribution in [2.45, 2.75) is 0 Å². The van der Waals surface area contributed by atoms with Gasteiger partial charge in [-0.2, -0.15) is 0 Å². The summed E-state index contributed by atoms with van der Waals surface area (Å²) < 4.78 is 10.7. The third-order valence-electron chi connectivity index (χ3n) is 5.98. The number of nitrogens with zero attached hydrogens (tertiary/aromatic N) is 2. The van der Waals surface area contributed by atoms with E-state index in [1.54, 1.807) is 14.2 Å². The molecule has 0 saturated heterocycles. The predicted molar refractivity (Wildman–Crippen MR) is 135 cm³/mol. The normalized spacial score (nSPS) is 11.2. The van der Waals surface area contributed by atoms with Gasteiger partial charge in [0.05, 0.1) is 36.3 Å². The predicted octanol–water partition coefficient (Wildman–Crippen LogP) is 6.46. The van der Waals surface area contributed by atoms with Gasteiger partial charge in [0.25, 0.3) is 0 Å². The zero-order chi connectivity index (χ0) is 23.1. The van der Waals surface area contributed by atoms with Gasteiger partial charge in [0.2, 0.25) is 0 Å². The molecule has 0 atom stereocenters. The van der Waals surface area contributed by atoms with Crippen LogP contribution in [0.4, 0.5) is 0 Å². The largest absolute Gasteiger partial charge is 0.497 e. The molecule has 0 fully saturated rings. The Morgan fingerprint density at radius 3 is 1.44 bits per heavy atom. The lowest BCUT2D eigenvalue weighted by Crippen LogP contribution is -1.84. The number of H-pyrrole nitrogens is 2. The summed E-state index contributed by atoms with van der Waals surface area (Å²) in [5.41, 5.74) is 7.99. The molecule has 0 radical (unpaired) electrons. The van der Waals surface area contributed by atoms with E-state index in [1.165, 1.54) is 0 Å². The Morgan fingerprint density at radius 2 is 1.00 bits per heavy atom. The molecule has 34 heavy (non-hydrogen) atoms. The molecule has 0 amide bonds. The molecule has 2 N–H and O–H groups in total. The van der Waals surface area contributed by atoms with Gasteiger partial charge in [-0.15, -0.1) is 0 Å². The number of fused-ring (bicyclic) bond motifs is 2. The Balaban J connectivity index is 1.36. The van der Waals surface area contributed by atoms with E-state index in [0.29, 0.717) is 0 Å². The maximum atomic E-state index is 5.35. The topological polar surface area (TPSA) is 75.8 Å². The number of imidazole rings is 2. The molecule has 6 rings (SSSR count). The minimum absolute atomic E-state index is 0.805. The molecule has 4 aromatic carbocycles. The highest BCUT2D eigenvalue weighted by molar-refractivity contribution is 5.88. The first-order chi connectivity index (χ1) is 16.7. The zero-order valence-electron chi connectivity index (χ0n) is 18.8. The highest BCUT2D eigenvalue weighted by atomic mass is 16.5. The van der Waals surface area contributed by atoms with E-state index < -0.39 is 0 Å². The maximum absolute atomic E-state index is 5.35. The molecular weight excluding hydrogens is 424 g/mol. The van der Waals surface area contributed by atoms with Gasteiger partial charge in [-0.3, -0.25) is 0 Å². The van der Waals surface area contributed by atoms with Crippen LogP contribution >= 0.6 is 0 Å². The summed E-state index contributed by atoms with van der Waals surface area (Å²) in [6, 6.07) is 28.3. The van der Waals surface area contributed by atoms with Crippen LogP contribution in [0.5, 0.6) is 11.5 Å². The van der Waals surface area contributed by atoms with Crippen molar-refractivity contribution >= 4 is 22.1 Å². The summed E-state index contributed by atoms with van der Waals surface area (Å²) in [5.74, 6) is 3.25. The quantitative estimate of drug-likeness (QED) is 0.319. The number of ether oxygens (including phenoxy) is 2. The molecule has 0 aliphatic heterocycles. The third kappa shape index (κ3) is 3.55. The Bertz CT molecular complexity index is 1520. The van der Waals surface area contributed by atoms with Crippen LogP contribution in [0.25, 0.3) is 56.0 Å². The third-order valence-corrected chi connectivity index (χ3v) is 5.98. The van der Waals surface area contributed by atoms with Gasteiger partial charge in [0.1, 0.15) is 23.1 Å². The summed E-state index contributed by atoms with van der Waals surface area (Å²) in [5, 5.41) is 0. The number of methoxy groups -OCH3 is 2. The lowest BCUT2D eigenvalue weighted by atomic mass is 10.0. The first kappa shape index (κ1) is 20.1. The van der Waals surface area contributed by atoms with Crippen LogP contribution in [0.15, 0.2) is 84.9 Å². The van der Waals surface area contributed by atoms with Gasteiger partial charge in [-0.05, 0) is 59.7 Å². The summed E-state index contributed by atoms with van der Waals surface area (Å²) in [7, 11) is 3.33. The fourth-order valence-electron chi connectivity index (χ4n) is 4.19. The molecular formula is C28H22N4O2. The van der Waals surface area contributed by atoms with E-state index in [1.807, 2.05) is 60.7 Å². The second-order valence-corrected chi connectivity index (χ2v) is 8.10. The van der Waals surface area contributed by atoms with Crippen LogP contribution in [-0.4, -0.2) is 34.2 Å². The number of rotatable bonds is 5. The summed E-state index contributed by atoms with van der Waals surface area (Å²) in [6.45, 7) is 0. The van der Waals surface area contributed by atoms with Gasteiger partial charge in [-0.25, -0.2) is 9.97 Å².